The number of hydrogen-bond donors (Lipinski definition) is 1. The Kier molecular flexibility index (Phi) is 3.48. The summed E-state index contributed by atoms with van der Waals surface area (Å²) in [4.78, 5) is 17.3. The van der Waals surface area contributed by atoms with Crippen molar-refractivity contribution < 1.29 is 9.53 Å². The van der Waals surface area contributed by atoms with Crippen LogP contribution in [0, 0.1) is 4.77 Å². The minimum atomic E-state index is 0.135. The average Bonchev–Trinajstić information content (AvgIpc) is 3.07. The number of aromatic nitrogens is 2. The molecule has 1 saturated heterocycles. The summed E-state index contributed by atoms with van der Waals surface area (Å²) in [5.41, 5.74) is 1.83. The highest BCUT2D eigenvalue weighted by molar-refractivity contribution is 7.71. The van der Waals surface area contributed by atoms with Crippen molar-refractivity contribution in [3.8, 4) is 5.75 Å². The van der Waals surface area contributed by atoms with Crippen LogP contribution in [0.3, 0.4) is 0 Å². The molecule has 20 heavy (non-hydrogen) atoms. The number of nitrogens with one attached hydrogen (secondary N) is 1. The highest BCUT2D eigenvalue weighted by Crippen LogP contribution is 2.21. The standard InChI is InChI=1S/C14H17N3O2S/c1-19-10-4-5-12-11(8-10)15-14(20)17(12)9-13(18)16-6-2-3-7-16/h4-5,8H,2-3,6-7,9H2,1H3,(H,15,20). The number of carbonyl (C=O) groups is 1. The van der Waals surface area contributed by atoms with E-state index in [2.05, 4.69) is 4.98 Å². The number of nitrogens with zero attached hydrogens (tertiary/aromatic N) is 2. The maximum absolute atomic E-state index is 12.3. The molecule has 1 aliphatic rings. The Morgan fingerprint density at radius 3 is 2.85 bits per heavy atom. The molecule has 0 aliphatic carbocycles. The van der Waals surface area contributed by atoms with E-state index in [4.69, 9.17) is 17.0 Å². The number of H-pyrrole nitrogens is 1. The Morgan fingerprint density at radius 1 is 1.40 bits per heavy atom. The van der Waals surface area contributed by atoms with Crippen molar-refractivity contribution in [3.05, 3.63) is 23.0 Å². The third-order valence-corrected chi connectivity index (χ3v) is 4.06. The van der Waals surface area contributed by atoms with Crippen LogP contribution in [0.1, 0.15) is 12.8 Å². The first kappa shape index (κ1) is 13.2. The third kappa shape index (κ3) is 2.31. The molecule has 6 heteroatoms. The zero-order chi connectivity index (χ0) is 14.1. The highest BCUT2D eigenvalue weighted by Gasteiger charge is 2.19. The zero-order valence-electron chi connectivity index (χ0n) is 11.4. The lowest BCUT2D eigenvalue weighted by atomic mass is 10.3. The number of fused-ring (bicyclic) bond motifs is 1. The fourth-order valence-electron chi connectivity index (χ4n) is 2.63. The van der Waals surface area contributed by atoms with Gasteiger partial charge in [-0.05, 0) is 37.2 Å². The Balaban J connectivity index is 1.92. The van der Waals surface area contributed by atoms with E-state index >= 15 is 0 Å². The summed E-state index contributed by atoms with van der Waals surface area (Å²) in [6, 6.07) is 5.70. The molecule has 1 amide bonds. The molecule has 1 aromatic carbocycles. The molecule has 0 radical (unpaired) electrons. The number of carbonyl (C=O) groups excluding carboxylic acids is 1. The van der Waals surface area contributed by atoms with Gasteiger partial charge in [-0.3, -0.25) is 4.79 Å². The molecule has 0 bridgehead atoms. The normalized spacial score (nSPS) is 14.9. The van der Waals surface area contributed by atoms with Gasteiger partial charge in [0, 0.05) is 19.2 Å². The summed E-state index contributed by atoms with van der Waals surface area (Å²) < 4.78 is 7.62. The second kappa shape index (κ2) is 5.28. The topological polar surface area (TPSA) is 50.3 Å². The molecule has 0 unspecified atom stereocenters. The first-order valence-electron chi connectivity index (χ1n) is 6.73. The van der Waals surface area contributed by atoms with Crippen molar-refractivity contribution in [2.75, 3.05) is 20.2 Å². The molecular formula is C14H17N3O2S. The predicted molar refractivity (Wildman–Crippen MR) is 79.5 cm³/mol. The SMILES string of the molecule is COc1ccc2c(c1)[nH]c(=S)n2CC(=O)N1CCCC1. The van der Waals surface area contributed by atoms with Gasteiger partial charge in [-0.1, -0.05) is 0 Å². The molecule has 5 nitrogen and oxygen atoms in total. The largest absolute Gasteiger partial charge is 0.497 e. The van der Waals surface area contributed by atoms with E-state index in [0.717, 1.165) is 42.7 Å². The van der Waals surface area contributed by atoms with Crippen molar-refractivity contribution in [1.82, 2.24) is 14.5 Å². The summed E-state index contributed by atoms with van der Waals surface area (Å²) >= 11 is 5.32. The Bertz CT molecular complexity index is 698. The Labute approximate surface area is 122 Å². The molecule has 0 spiro atoms. The maximum atomic E-state index is 12.3. The van der Waals surface area contributed by atoms with E-state index in [1.54, 1.807) is 7.11 Å². The second-order valence-electron chi connectivity index (χ2n) is 4.99. The van der Waals surface area contributed by atoms with Crippen molar-refractivity contribution in [2.45, 2.75) is 19.4 Å². The van der Waals surface area contributed by atoms with E-state index in [0.29, 0.717) is 11.3 Å². The number of rotatable bonds is 3. The molecule has 3 rings (SSSR count). The van der Waals surface area contributed by atoms with Gasteiger partial charge in [0.2, 0.25) is 5.91 Å². The van der Waals surface area contributed by atoms with Gasteiger partial charge < -0.3 is 19.2 Å². The first-order valence-corrected chi connectivity index (χ1v) is 7.14. The van der Waals surface area contributed by atoms with Gasteiger partial charge >= 0.3 is 0 Å². The van der Waals surface area contributed by atoms with Gasteiger partial charge in [0.05, 0.1) is 18.1 Å². The number of aromatic amines is 1. The maximum Gasteiger partial charge on any atom is 0.242 e. The number of amides is 1. The lowest BCUT2D eigenvalue weighted by molar-refractivity contribution is -0.130. The van der Waals surface area contributed by atoms with Gasteiger partial charge in [-0.15, -0.1) is 0 Å². The second-order valence-corrected chi connectivity index (χ2v) is 5.37. The van der Waals surface area contributed by atoms with Gasteiger partial charge in [-0.25, -0.2) is 0 Å². The number of ether oxygens (including phenoxy) is 1. The van der Waals surface area contributed by atoms with Crippen LogP contribution in [-0.4, -0.2) is 40.6 Å². The Morgan fingerprint density at radius 2 is 2.15 bits per heavy atom. The van der Waals surface area contributed by atoms with E-state index in [1.807, 2.05) is 27.7 Å². The Hall–Kier alpha value is -1.82. The molecule has 0 saturated carbocycles. The van der Waals surface area contributed by atoms with Crippen LogP contribution in [0.5, 0.6) is 5.75 Å². The van der Waals surface area contributed by atoms with Gasteiger partial charge in [0.25, 0.3) is 0 Å². The molecular weight excluding hydrogens is 274 g/mol. The summed E-state index contributed by atoms with van der Waals surface area (Å²) in [5.74, 6) is 0.905. The molecule has 1 aliphatic heterocycles. The number of hydrogen-bond acceptors (Lipinski definition) is 3. The van der Waals surface area contributed by atoms with Crippen LogP contribution in [0.2, 0.25) is 0 Å². The van der Waals surface area contributed by atoms with Crippen LogP contribution in [0.4, 0.5) is 0 Å². The van der Waals surface area contributed by atoms with Gasteiger partial charge in [0.1, 0.15) is 12.3 Å². The van der Waals surface area contributed by atoms with Crippen molar-refractivity contribution in [2.24, 2.45) is 0 Å². The van der Waals surface area contributed by atoms with E-state index in [1.165, 1.54) is 0 Å². The number of imidazole rings is 1. The van der Waals surface area contributed by atoms with Gasteiger partial charge in [0.15, 0.2) is 4.77 Å². The van der Waals surface area contributed by atoms with E-state index in [9.17, 15) is 4.79 Å². The number of likely N-dealkylation sites (tertiary alicyclic amines) is 1. The fourth-order valence-corrected chi connectivity index (χ4v) is 2.90. The van der Waals surface area contributed by atoms with E-state index in [-0.39, 0.29) is 5.91 Å². The summed E-state index contributed by atoms with van der Waals surface area (Å²) in [7, 11) is 1.63. The van der Waals surface area contributed by atoms with Crippen LogP contribution in [-0.2, 0) is 11.3 Å². The van der Waals surface area contributed by atoms with Crippen LogP contribution >= 0.6 is 12.2 Å². The predicted octanol–water partition coefficient (Wildman–Crippen LogP) is 2.33. The molecule has 1 fully saturated rings. The minimum Gasteiger partial charge on any atom is -0.497 e. The quantitative estimate of drug-likeness (QED) is 0.883. The van der Waals surface area contributed by atoms with Gasteiger partial charge in [-0.2, -0.15) is 0 Å². The minimum absolute atomic E-state index is 0.135. The first-order chi connectivity index (χ1) is 9.69. The van der Waals surface area contributed by atoms with Crippen molar-refractivity contribution >= 4 is 29.2 Å². The average molecular weight is 291 g/mol. The molecule has 2 aromatic rings. The van der Waals surface area contributed by atoms with Crippen LogP contribution in [0.25, 0.3) is 11.0 Å². The monoisotopic (exact) mass is 291 g/mol. The number of methoxy groups -OCH3 is 1. The summed E-state index contributed by atoms with van der Waals surface area (Å²) in [5, 5.41) is 0. The van der Waals surface area contributed by atoms with Crippen molar-refractivity contribution in [3.63, 3.8) is 0 Å². The molecule has 2 heterocycles. The molecule has 0 atom stereocenters. The summed E-state index contributed by atoms with van der Waals surface area (Å²) in [6.45, 7) is 2.02. The lowest BCUT2D eigenvalue weighted by Crippen LogP contribution is -2.31. The molecule has 1 aromatic heterocycles. The highest BCUT2D eigenvalue weighted by atomic mass is 32.1. The van der Waals surface area contributed by atoms with Crippen LogP contribution < -0.4 is 4.74 Å². The molecule has 106 valence electrons. The third-order valence-electron chi connectivity index (χ3n) is 3.73. The smallest absolute Gasteiger partial charge is 0.242 e. The lowest BCUT2D eigenvalue weighted by Gasteiger charge is -2.15. The van der Waals surface area contributed by atoms with E-state index < -0.39 is 0 Å². The van der Waals surface area contributed by atoms with Crippen molar-refractivity contribution in [1.29, 1.82) is 0 Å². The zero-order valence-corrected chi connectivity index (χ0v) is 12.2. The summed E-state index contributed by atoms with van der Waals surface area (Å²) in [6.07, 6.45) is 2.20. The fraction of sp³-hybridized carbons (Fsp3) is 0.429. The molecule has 1 N–H and O–H groups in total. The van der Waals surface area contributed by atoms with Crippen LogP contribution in [0.15, 0.2) is 18.2 Å². The number of benzene rings is 1.